The molecular weight excluding hydrogens is 273 g/mol. The summed E-state index contributed by atoms with van der Waals surface area (Å²) >= 11 is 0. The number of carboxylic acid groups (broad SMARTS) is 1. The molecule has 5 heteroatoms. The summed E-state index contributed by atoms with van der Waals surface area (Å²) in [6.07, 6.45) is 4.43. The van der Waals surface area contributed by atoms with E-state index < -0.39 is 17.8 Å². The largest absolute Gasteiger partial charge is 0.550 e. The van der Waals surface area contributed by atoms with Gasteiger partial charge in [-0.15, -0.1) is 0 Å². The van der Waals surface area contributed by atoms with Crippen LogP contribution in [0.4, 0.5) is 4.39 Å². The zero-order valence-corrected chi connectivity index (χ0v) is 11.3. The van der Waals surface area contributed by atoms with E-state index in [2.05, 4.69) is 5.32 Å². The molecule has 1 aromatic carbocycles. The smallest absolute Gasteiger partial charge is 0.224 e. The van der Waals surface area contributed by atoms with Gasteiger partial charge in [0.25, 0.3) is 0 Å². The van der Waals surface area contributed by atoms with E-state index >= 15 is 0 Å². The number of aliphatic carboxylic acids is 1. The molecule has 0 aromatic heterocycles. The van der Waals surface area contributed by atoms with Crippen molar-refractivity contribution in [2.45, 2.75) is 13.0 Å². The molecule has 1 amide bonds. The Morgan fingerprint density at radius 2 is 1.86 bits per heavy atom. The van der Waals surface area contributed by atoms with Gasteiger partial charge in [-0.1, -0.05) is 30.4 Å². The van der Waals surface area contributed by atoms with Gasteiger partial charge in [-0.05, 0) is 24.3 Å². The lowest BCUT2D eigenvalue weighted by Gasteiger charge is -2.27. The Hall–Kier alpha value is -2.17. The monoisotopic (exact) mass is 288 g/mol. The number of benzene rings is 1. The van der Waals surface area contributed by atoms with Crippen LogP contribution >= 0.6 is 0 Å². The normalized spacial score (nSPS) is 29.6. The molecule has 1 aromatic rings. The maximum Gasteiger partial charge on any atom is 0.224 e. The van der Waals surface area contributed by atoms with Gasteiger partial charge in [0, 0.05) is 24.0 Å². The molecule has 21 heavy (non-hydrogen) atoms. The van der Waals surface area contributed by atoms with Crippen molar-refractivity contribution in [3.8, 4) is 0 Å². The van der Waals surface area contributed by atoms with Crippen molar-refractivity contribution in [3.05, 3.63) is 47.8 Å². The Morgan fingerprint density at radius 3 is 2.52 bits per heavy atom. The van der Waals surface area contributed by atoms with Crippen molar-refractivity contribution >= 4 is 11.9 Å². The molecule has 0 spiro atoms. The van der Waals surface area contributed by atoms with Crippen LogP contribution in [0.5, 0.6) is 0 Å². The van der Waals surface area contributed by atoms with Gasteiger partial charge < -0.3 is 15.2 Å². The Balaban J connectivity index is 1.69. The molecule has 3 rings (SSSR count). The van der Waals surface area contributed by atoms with Gasteiger partial charge in [0.2, 0.25) is 5.91 Å². The van der Waals surface area contributed by atoms with E-state index in [1.54, 1.807) is 18.2 Å². The fraction of sp³-hybridized carbons (Fsp3) is 0.375. The molecule has 0 radical (unpaired) electrons. The quantitative estimate of drug-likeness (QED) is 0.826. The van der Waals surface area contributed by atoms with Crippen molar-refractivity contribution < 1.29 is 19.1 Å². The molecule has 1 saturated carbocycles. The first-order valence-corrected chi connectivity index (χ1v) is 6.98. The van der Waals surface area contributed by atoms with E-state index in [9.17, 15) is 19.1 Å². The summed E-state index contributed by atoms with van der Waals surface area (Å²) in [7, 11) is 0. The zero-order valence-electron chi connectivity index (χ0n) is 11.3. The van der Waals surface area contributed by atoms with E-state index in [-0.39, 0.29) is 30.1 Å². The van der Waals surface area contributed by atoms with Crippen LogP contribution in [-0.2, 0) is 16.1 Å². The van der Waals surface area contributed by atoms with Crippen molar-refractivity contribution in [3.63, 3.8) is 0 Å². The molecule has 0 saturated heterocycles. The molecule has 1 fully saturated rings. The Labute approximate surface area is 121 Å². The minimum atomic E-state index is -1.18. The number of hydrogen-bond donors (Lipinski definition) is 1. The number of fused-ring (bicyclic) bond motifs is 2. The zero-order chi connectivity index (χ0) is 15.0. The molecule has 2 aliphatic rings. The molecule has 2 bridgehead atoms. The molecule has 1 N–H and O–H groups in total. The summed E-state index contributed by atoms with van der Waals surface area (Å²) in [6, 6.07) is 6.18. The van der Waals surface area contributed by atoms with Crippen LogP contribution in [0.25, 0.3) is 0 Å². The van der Waals surface area contributed by atoms with Crippen LogP contribution < -0.4 is 10.4 Å². The summed E-state index contributed by atoms with van der Waals surface area (Å²) in [5.74, 6) is -3.48. The number of rotatable bonds is 4. The van der Waals surface area contributed by atoms with E-state index in [4.69, 9.17) is 0 Å². The van der Waals surface area contributed by atoms with Gasteiger partial charge in [0.15, 0.2) is 0 Å². The van der Waals surface area contributed by atoms with Gasteiger partial charge in [-0.25, -0.2) is 4.39 Å². The van der Waals surface area contributed by atoms with Crippen LogP contribution in [-0.4, -0.2) is 11.9 Å². The second kappa shape index (κ2) is 5.31. The molecule has 0 heterocycles. The SMILES string of the molecule is O=C([O-])[C@@H]1[C@H](C(=O)NCc2ccccc2F)[C@@H]2C=C[C@H]1C2. The maximum absolute atomic E-state index is 13.5. The maximum atomic E-state index is 13.5. The highest BCUT2D eigenvalue weighted by molar-refractivity contribution is 5.86. The summed E-state index contributed by atoms with van der Waals surface area (Å²) in [5.41, 5.74) is 0.384. The van der Waals surface area contributed by atoms with Gasteiger partial charge in [-0.3, -0.25) is 4.79 Å². The number of halogens is 1. The van der Waals surface area contributed by atoms with E-state index in [1.807, 2.05) is 12.2 Å². The highest BCUT2D eigenvalue weighted by Gasteiger charge is 2.48. The minimum Gasteiger partial charge on any atom is -0.550 e. The van der Waals surface area contributed by atoms with Gasteiger partial charge >= 0.3 is 0 Å². The van der Waals surface area contributed by atoms with Crippen LogP contribution in [0.2, 0.25) is 0 Å². The number of carboxylic acids is 1. The number of hydrogen-bond acceptors (Lipinski definition) is 3. The first kappa shape index (κ1) is 13.8. The standard InChI is InChI=1S/C16H16FNO3/c17-12-4-2-1-3-11(12)8-18-15(19)13-9-5-6-10(7-9)14(13)16(20)21/h1-6,9-10,13-14H,7-8H2,(H,18,19)(H,20,21)/p-1/t9-,10+,13-,14+/m1/s1. The lowest BCUT2D eigenvalue weighted by molar-refractivity contribution is -0.313. The topological polar surface area (TPSA) is 69.2 Å². The summed E-state index contributed by atoms with van der Waals surface area (Å²) in [4.78, 5) is 23.5. The average molecular weight is 288 g/mol. The van der Waals surface area contributed by atoms with Gasteiger partial charge in [0.1, 0.15) is 5.82 Å². The van der Waals surface area contributed by atoms with E-state index in [0.29, 0.717) is 12.0 Å². The van der Waals surface area contributed by atoms with Crippen molar-refractivity contribution in [1.82, 2.24) is 5.32 Å². The second-order valence-electron chi connectivity index (χ2n) is 5.63. The van der Waals surface area contributed by atoms with Crippen LogP contribution in [0, 0.1) is 29.5 Å². The van der Waals surface area contributed by atoms with Gasteiger partial charge in [-0.2, -0.15) is 0 Å². The third-order valence-corrected chi connectivity index (χ3v) is 4.45. The fourth-order valence-electron chi connectivity index (χ4n) is 3.44. The molecule has 2 aliphatic carbocycles. The van der Waals surface area contributed by atoms with Crippen LogP contribution in [0.15, 0.2) is 36.4 Å². The predicted molar refractivity (Wildman–Crippen MR) is 71.0 cm³/mol. The summed E-state index contributed by atoms with van der Waals surface area (Å²) in [5, 5.41) is 13.9. The van der Waals surface area contributed by atoms with Crippen molar-refractivity contribution in [1.29, 1.82) is 0 Å². The molecule has 4 nitrogen and oxygen atoms in total. The van der Waals surface area contributed by atoms with Crippen molar-refractivity contribution in [2.24, 2.45) is 23.7 Å². The third kappa shape index (κ3) is 2.44. The molecule has 0 unspecified atom stereocenters. The van der Waals surface area contributed by atoms with Crippen molar-refractivity contribution in [2.75, 3.05) is 0 Å². The second-order valence-corrected chi connectivity index (χ2v) is 5.63. The van der Waals surface area contributed by atoms with E-state index in [1.165, 1.54) is 6.07 Å². The molecular formula is C16H15FNO3-. The molecule has 110 valence electrons. The number of carbonyl (C=O) groups excluding carboxylic acids is 2. The summed E-state index contributed by atoms with van der Waals surface area (Å²) in [6.45, 7) is 0.0584. The third-order valence-electron chi connectivity index (χ3n) is 4.45. The highest BCUT2D eigenvalue weighted by Crippen LogP contribution is 2.47. The molecule has 0 aliphatic heterocycles. The van der Waals surface area contributed by atoms with Crippen LogP contribution in [0.3, 0.4) is 0 Å². The number of allylic oxidation sites excluding steroid dienone is 2. The number of carbonyl (C=O) groups is 2. The van der Waals surface area contributed by atoms with E-state index in [0.717, 1.165) is 0 Å². The van der Waals surface area contributed by atoms with Crippen LogP contribution in [0.1, 0.15) is 12.0 Å². The average Bonchev–Trinajstić information content (AvgIpc) is 3.06. The first-order chi connectivity index (χ1) is 10.1. The first-order valence-electron chi connectivity index (χ1n) is 6.98. The highest BCUT2D eigenvalue weighted by atomic mass is 19.1. The van der Waals surface area contributed by atoms with Gasteiger partial charge in [0.05, 0.1) is 5.92 Å². The number of nitrogens with one attached hydrogen (secondary N) is 1. The fourth-order valence-corrected chi connectivity index (χ4v) is 3.44. The summed E-state index contributed by atoms with van der Waals surface area (Å²) < 4.78 is 13.5. The Morgan fingerprint density at radius 1 is 1.19 bits per heavy atom. The number of amides is 1. The predicted octanol–water partition coefficient (Wildman–Crippen LogP) is 0.630. The lowest BCUT2D eigenvalue weighted by atomic mass is 9.82. The lowest BCUT2D eigenvalue weighted by Crippen LogP contribution is -2.44. The Kier molecular flexibility index (Phi) is 3.49. The molecule has 4 atom stereocenters. The Bertz CT molecular complexity index is 613. The minimum absolute atomic E-state index is 0.0569.